The monoisotopic (exact) mass is 287 g/mol. The molecule has 7 heteroatoms. The summed E-state index contributed by atoms with van der Waals surface area (Å²) in [6.07, 6.45) is 5.84. The number of thioether (sulfide) groups is 1. The van der Waals surface area contributed by atoms with Crippen molar-refractivity contribution in [2.75, 3.05) is 0 Å². The first-order valence-corrected chi connectivity index (χ1v) is 7.15. The highest BCUT2D eigenvalue weighted by atomic mass is 35.5. The van der Waals surface area contributed by atoms with Crippen LogP contribution in [0.2, 0.25) is 5.15 Å². The summed E-state index contributed by atoms with van der Waals surface area (Å²) in [5.41, 5.74) is -0.164. The molecule has 1 heterocycles. The lowest BCUT2D eigenvalue weighted by molar-refractivity contribution is -0.388. The minimum Gasteiger partial charge on any atom is -0.258 e. The molecular formula is C11H14ClN3O2S. The largest absolute Gasteiger partial charge is 0.338 e. The molecule has 1 aromatic heterocycles. The molecule has 1 saturated carbocycles. The lowest BCUT2D eigenvalue weighted by atomic mass is 9.91. The minimum absolute atomic E-state index is 0.0821. The topological polar surface area (TPSA) is 68.9 Å². The molecule has 0 radical (unpaired) electrons. The minimum atomic E-state index is -0.503. The Kier molecular flexibility index (Phi) is 4.40. The molecule has 2 atom stereocenters. The van der Waals surface area contributed by atoms with Crippen LogP contribution in [0.25, 0.3) is 0 Å². The van der Waals surface area contributed by atoms with E-state index in [4.69, 9.17) is 11.6 Å². The van der Waals surface area contributed by atoms with Gasteiger partial charge in [0.15, 0.2) is 5.03 Å². The third kappa shape index (κ3) is 3.11. The Labute approximate surface area is 114 Å². The average molecular weight is 288 g/mol. The van der Waals surface area contributed by atoms with Crippen LogP contribution >= 0.6 is 23.4 Å². The van der Waals surface area contributed by atoms with Gasteiger partial charge in [-0.05, 0) is 18.8 Å². The lowest BCUT2D eigenvalue weighted by Crippen LogP contribution is -2.15. The van der Waals surface area contributed by atoms with Crippen LogP contribution < -0.4 is 0 Å². The van der Waals surface area contributed by atoms with E-state index in [2.05, 4.69) is 16.9 Å². The Bertz CT molecular complexity index is 458. The molecule has 1 aliphatic carbocycles. The number of hydrogen-bond acceptors (Lipinski definition) is 5. The van der Waals surface area contributed by atoms with E-state index in [0.717, 1.165) is 12.8 Å². The van der Waals surface area contributed by atoms with Crippen LogP contribution in [0.5, 0.6) is 0 Å². The molecule has 5 nitrogen and oxygen atoms in total. The van der Waals surface area contributed by atoms with Crippen molar-refractivity contribution in [3.8, 4) is 0 Å². The SMILES string of the molecule is CC1CCCC(Sc2ncnc(Cl)c2[N+](=O)[O-])C1. The van der Waals surface area contributed by atoms with Gasteiger partial charge in [-0.15, -0.1) is 0 Å². The molecule has 0 saturated heterocycles. The lowest BCUT2D eigenvalue weighted by Gasteiger charge is -2.25. The molecule has 0 spiro atoms. The molecular weight excluding hydrogens is 274 g/mol. The number of nitro groups is 1. The third-order valence-corrected chi connectivity index (χ3v) is 4.65. The fourth-order valence-electron chi connectivity index (χ4n) is 2.23. The first-order chi connectivity index (χ1) is 8.58. The quantitative estimate of drug-likeness (QED) is 0.481. The predicted octanol–water partition coefficient (Wildman–Crippen LogP) is 3.71. The van der Waals surface area contributed by atoms with Crippen molar-refractivity contribution in [2.24, 2.45) is 5.92 Å². The second kappa shape index (κ2) is 5.84. The van der Waals surface area contributed by atoms with Gasteiger partial charge in [-0.3, -0.25) is 10.1 Å². The zero-order valence-electron chi connectivity index (χ0n) is 10.0. The van der Waals surface area contributed by atoms with Gasteiger partial charge >= 0.3 is 5.69 Å². The number of rotatable bonds is 3. The van der Waals surface area contributed by atoms with Gasteiger partial charge in [0.25, 0.3) is 0 Å². The van der Waals surface area contributed by atoms with Crippen LogP contribution in [0.3, 0.4) is 0 Å². The summed E-state index contributed by atoms with van der Waals surface area (Å²) in [6, 6.07) is 0. The molecule has 0 aliphatic heterocycles. The summed E-state index contributed by atoms with van der Waals surface area (Å²) in [5.74, 6) is 0.674. The van der Waals surface area contributed by atoms with E-state index >= 15 is 0 Å². The Morgan fingerprint density at radius 1 is 1.50 bits per heavy atom. The zero-order chi connectivity index (χ0) is 13.1. The normalized spacial score (nSPS) is 23.9. The molecule has 0 aromatic carbocycles. The molecule has 2 rings (SSSR count). The van der Waals surface area contributed by atoms with E-state index in [9.17, 15) is 10.1 Å². The van der Waals surface area contributed by atoms with Crippen LogP contribution in [0.15, 0.2) is 11.4 Å². The number of halogens is 1. The van der Waals surface area contributed by atoms with Gasteiger partial charge in [-0.25, -0.2) is 9.97 Å². The van der Waals surface area contributed by atoms with Gasteiger partial charge in [-0.1, -0.05) is 43.1 Å². The predicted molar refractivity (Wildman–Crippen MR) is 71.0 cm³/mol. The number of hydrogen-bond donors (Lipinski definition) is 0. The van der Waals surface area contributed by atoms with Crippen molar-refractivity contribution in [2.45, 2.75) is 42.9 Å². The van der Waals surface area contributed by atoms with Gasteiger partial charge < -0.3 is 0 Å². The van der Waals surface area contributed by atoms with E-state index in [1.165, 1.54) is 30.9 Å². The van der Waals surface area contributed by atoms with Crippen molar-refractivity contribution in [1.82, 2.24) is 9.97 Å². The first kappa shape index (κ1) is 13.5. The van der Waals surface area contributed by atoms with E-state index in [0.29, 0.717) is 16.2 Å². The molecule has 18 heavy (non-hydrogen) atoms. The highest BCUT2D eigenvalue weighted by Gasteiger charge is 2.27. The summed E-state index contributed by atoms with van der Waals surface area (Å²) in [7, 11) is 0. The second-order valence-corrected chi connectivity index (χ2v) is 6.23. The molecule has 0 bridgehead atoms. The molecule has 1 aromatic rings. The van der Waals surface area contributed by atoms with E-state index in [1.807, 2.05) is 0 Å². The second-order valence-electron chi connectivity index (χ2n) is 4.59. The maximum atomic E-state index is 11.0. The summed E-state index contributed by atoms with van der Waals surface area (Å²) in [6.45, 7) is 2.22. The summed E-state index contributed by atoms with van der Waals surface area (Å²) < 4.78 is 0. The van der Waals surface area contributed by atoms with Crippen molar-refractivity contribution in [1.29, 1.82) is 0 Å². The molecule has 0 amide bonds. The van der Waals surface area contributed by atoms with Crippen LogP contribution in [-0.4, -0.2) is 20.1 Å². The summed E-state index contributed by atoms with van der Waals surface area (Å²) in [4.78, 5) is 18.1. The molecule has 0 N–H and O–H groups in total. The van der Waals surface area contributed by atoms with Gasteiger partial charge in [0.05, 0.1) is 4.92 Å². The highest BCUT2D eigenvalue weighted by Crippen LogP contribution is 2.40. The Balaban J connectivity index is 2.18. The van der Waals surface area contributed by atoms with Crippen LogP contribution in [-0.2, 0) is 0 Å². The van der Waals surface area contributed by atoms with Gasteiger partial charge in [-0.2, -0.15) is 0 Å². The van der Waals surface area contributed by atoms with Crippen molar-refractivity contribution in [3.05, 3.63) is 21.6 Å². The summed E-state index contributed by atoms with van der Waals surface area (Å²) >= 11 is 7.22. The summed E-state index contributed by atoms with van der Waals surface area (Å²) in [5, 5.41) is 11.7. The zero-order valence-corrected chi connectivity index (χ0v) is 11.6. The maximum absolute atomic E-state index is 11.0. The molecule has 98 valence electrons. The Morgan fingerprint density at radius 2 is 2.28 bits per heavy atom. The Hall–Kier alpha value is -0.880. The first-order valence-electron chi connectivity index (χ1n) is 5.89. The molecule has 1 fully saturated rings. The van der Waals surface area contributed by atoms with Crippen LogP contribution in [0, 0.1) is 16.0 Å². The van der Waals surface area contributed by atoms with Gasteiger partial charge in [0, 0.05) is 5.25 Å². The smallest absolute Gasteiger partial charge is 0.258 e. The fourth-order valence-corrected chi connectivity index (χ4v) is 3.90. The van der Waals surface area contributed by atoms with E-state index in [-0.39, 0.29) is 10.8 Å². The van der Waals surface area contributed by atoms with Crippen molar-refractivity contribution < 1.29 is 4.92 Å². The number of nitrogens with zero attached hydrogens (tertiary/aromatic N) is 3. The van der Waals surface area contributed by atoms with Crippen LogP contribution in [0.1, 0.15) is 32.6 Å². The average Bonchev–Trinajstić information content (AvgIpc) is 2.28. The molecule has 1 aliphatic rings. The Morgan fingerprint density at radius 3 is 2.94 bits per heavy atom. The van der Waals surface area contributed by atoms with Gasteiger partial charge in [0.2, 0.25) is 5.15 Å². The van der Waals surface area contributed by atoms with E-state index < -0.39 is 4.92 Å². The highest BCUT2D eigenvalue weighted by molar-refractivity contribution is 8.00. The van der Waals surface area contributed by atoms with Crippen LogP contribution in [0.4, 0.5) is 5.69 Å². The van der Waals surface area contributed by atoms with E-state index in [1.54, 1.807) is 0 Å². The molecule has 2 unspecified atom stereocenters. The maximum Gasteiger partial charge on any atom is 0.338 e. The van der Waals surface area contributed by atoms with Crippen molar-refractivity contribution in [3.63, 3.8) is 0 Å². The fraction of sp³-hybridized carbons (Fsp3) is 0.636. The standard InChI is InChI=1S/C11H14ClN3O2S/c1-7-3-2-4-8(5-7)18-11-9(15(16)17)10(12)13-6-14-11/h6-8H,2-5H2,1H3. The van der Waals surface area contributed by atoms with Gasteiger partial charge in [0.1, 0.15) is 6.33 Å². The third-order valence-electron chi connectivity index (χ3n) is 3.09. The van der Waals surface area contributed by atoms with Crippen molar-refractivity contribution >= 4 is 29.1 Å². The number of aromatic nitrogens is 2.